The minimum Gasteiger partial charge on any atom is -0.302 e. The molecule has 0 saturated carbocycles. The van der Waals surface area contributed by atoms with Crippen LogP contribution in [0.5, 0.6) is 0 Å². The molecule has 60 valence electrons. The van der Waals surface area contributed by atoms with Crippen molar-refractivity contribution in [3.8, 4) is 0 Å². The Morgan fingerprint density at radius 2 is 2.00 bits per heavy atom. The molecule has 0 fully saturated rings. The van der Waals surface area contributed by atoms with Crippen molar-refractivity contribution < 1.29 is 0 Å². The number of hydrazine groups is 1. The first kappa shape index (κ1) is 7.94. The molecule has 0 atom stereocenters. The molecular weight excluding hydrogens is 140 g/mol. The number of anilines is 1. The quantitative estimate of drug-likeness (QED) is 0.632. The summed E-state index contributed by atoms with van der Waals surface area (Å²) < 4.78 is 0. The molecule has 4 nitrogen and oxygen atoms in total. The molecular formula is C7H12N4. The zero-order valence-corrected chi connectivity index (χ0v) is 7.00. The van der Waals surface area contributed by atoms with Gasteiger partial charge in [-0.3, -0.25) is 0 Å². The minimum atomic E-state index is 0.764. The molecule has 0 aliphatic carbocycles. The van der Waals surface area contributed by atoms with Crippen molar-refractivity contribution in [1.82, 2.24) is 15.2 Å². The van der Waals surface area contributed by atoms with Gasteiger partial charge in [0.1, 0.15) is 0 Å². The van der Waals surface area contributed by atoms with E-state index in [1.165, 1.54) is 0 Å². The normalized spacial score (nSPS) is 10.2. The average molecular weight is 152 g/mol. The molecule has 0 saturated heterocycles. The van der Waals surface area contributed by atoms with Gasteiger partial charge in [-0.1, -0.05) is 0 Å². The number of nitrogens with one attached hydrogen (secondary N) is 1. The molecule has 1 heterocycles. The van der Waals surface area contributed by atoms with Gasteiger partial charge in [0, 0.05) is 14.1 Å². The number of hydrogen-bond acceptors (Lipinski definition) is 4. The van der Waals surface area contributed by atoms with Crippen LogP contribution in [0.4, 0.5) is 5.82 Å². The monoisotopic (exact) mass is 152 g/mol. The van der Waals surface area contributed by atoms with Crippen LogP contribution in [0.1, 0.15) is 5.69 Å². The Morgan fingerprint density at radius 1 is 1.27 bits per heavy atom. The maximum atomic E-state index is 3.92. The smallest absolute Gasteiger partial charge is 0.163 e. The summed E-state index contributed by atoms with van der Waals surface area (Å²) in [5.41, 5.74) is 3.92. The number of aryl methyl sites for hydroxylation is 1. The maximum absolute atomic E-state index is 3.92. The molecule has 11 heavy (non-hydrogen) atoms. The molecule has 0 bridgehead atoms. The highest BCUT2D eigenvalue weighted by atomic mass is 15.5. The molecule has 0 aliphatic heterocycles. The first-order valence-electron chi connectivity index (χ1n) is 3.43. The Hall–Kier alpha value is -1.16. The van der Waals surface area contributed by atoms with Gasteiger partial charge in [-0.15, -0.1) is 5.10 Å². The van der Waals surface area contributed by atoms with Crippen LogP contribution >= 0.6 is 0 Å². The van der Waals surface area contributed by atoms with Crippen molar-refractivity contribution >= 4 is 5.82 Å². The largest absolute Gasteiger partial charge is 0.302 e. The number of rotatable bonds is 2. The van der Waals surface area contributed by atoms with Crippen LogP contribution in [-0.4, -0.2) is 29.3 Å². The summed E-state index contributed by atoms with van der Waals surface area (Å²) in [6.07, 6.45) is 0. The number of nitrogens with zero attached hydrogens (tertiary/aromatic N) is 3. The van der Waals surface area contributed by atoms with Gasteiger partial charge in [-0.05, 0) is 19.1 Å². The van der Waals surface area contributed by atoms with E-state index in [1.54, 1.807) is 0 Å². The predicted octanol–water partition coefficient (Wildman–Crippen LogP) is 0.674. The van der Waals surface area contributed by atoms with Crippen LogP contribution in [0, 0.1) is 6.92 Å². The lowest BCUT2D eigenvalue weighted by atomic mass is 10.4. The van der Waals surface area contributed by atoms with Crippen LogP contribution in [0.3, 0.4) is 0 Å². The summed E-state index contributed by atoms with van der Waals surface area (Å²) >= 11 is 0. The van der Waals surface area contributed by atoms with E-state index in [4.69, 9.17) is 0 Å². The Bertz CT molecular complexity index is 216. The van der Waals surface area contributed by atoms with Crippen LogP contribution in [0.15, 0.2) is 12.1 Å². The summed E-state index contributed by atoms with van der Waals surface area (Å²) in [6.45, 7) is 1.91. The second-order valence-electron chi connectivity index (χ2n) is 2.57. The third-order valence-corrected chi connectivity index (χ3v) is 1.14. The Kier molecular flexibility index (Phi) is 2.38. The van der Waals surface area contributed by atoms with E-state index in [-0.39, 0.29) is 0 Å². The van der Waals surface area contributed by atoms with Crippen LogP contribution in [-0.2, 0) is 0 Å². The number of hydrogen-bond donors (Lipinski definition) is 1. The van der Waals surface area contributed by atoms with E-state index in [0.717, 1.165) is 11.5 Å². The van der Waals surface area contributed by atoms with Gasteiger partial charge in [0.25, 0.3) is 0 Å². The van der Waals surface area contributed by atoms with Gasteiger partial charge in [-0.25, -0.2) is 5.01 Å². The van der Waals surface area contributed by atoms with Gasteiger partial charge < -0.3 is 5.43 Å². The van der Waals surface area contributed by atoms with Crippen molar-refractivity contribution in [3.05, 3.63) is 17.8 Å². The number of aromatic nitrogens is 2. The Balaban J connectivity index is 2.66. The summed E-state index contributed by atoms with van der Waals surface area (Å²) in [5.74, 6) is 0.764. The second-order valence-corrected chi connectivity index (χ2v) is 2.57. The maximum Gasteiger partial charge on any atom is 0.163 e. The van der Waals surface area contributed by atoms with Crippen molar-refractivity contribution in [1.29, 1.82) is 0 Å². The summed E-state index contributed by atoms with van der Waals surface area (Å²) in [7, 11) is 3.81. The van der Waals surface area contributed by atoms with Crippen LogP contribution in [0.25, 0.3) is 0 Å². The Morgan fingerprint density at radius 3 is 2.45 bits per heavy atom. The Labute approximate surface area is 66.2 Å². The molecule has 1 rings (SSSR count). The highest BCUT2D eigenvalue weighted by Gasteiger charge is 1.93. The fourth-order valence-corrected chi connectivity index (χ4v) is 0.688. The van der Waals surface area contributed by atoms with Crippen LogP contribution in [0.2, 0.25) is 0 Å². The average Bonchev–Trinajstić information content (AvgIpc) is 1.93. The van der Waals surface area contributed by atoms with Crippen molar-refractivity contribution in [2.75, 3.05) is 19.5 Å². The zero-order chi connectivity index (χ0) is 8.27. The highest BCUT2D eigenvalue weighted by Crippen LogP contribution is 2.00. The van der Waals surface area contributed by atoms with Crippen molar-refractivity contribution in [2.45, 2.75) is 6.92 Å². The van der Waals surface area contributed by atoms with E-state index in [2.05, 4.69) is 15.6 Å². The molecule has 0 amide bonds. The van der Waals surface area contributed by atoms with Gasteiger partial charge in [0.15, 0.2) is 5.82 Å². The predicted molar refractivity (Wildman–Crippen MR) is 44.1 cm³/mol. The van der Waals surface area contributed by atoms with E-state index < -0.39 is 0 Å². The summed E-state index contributed by atoms with van der Waals surface area (Å²) in [6, 6.07) is 3.81. The van der Waals surface area contributed by atoms with E-state index >= 15 is 0 Å². The minimum absolute atomic E-state index is 0.764. The van der Waals surface area contributed by atoms with Crippen molar-refractivity contribution in [3.63, 3.8) is 0 Å². The van der Waals surface area contributed by atoms with Gasteiger partial charge in [-0.2, -0.15) is 5.10 Å². The molecule has 1 aromatic heterocycles. The lowest BCUT2D eigenvalue weighted by molar-refractivity contribution is 0.491. The molecule has 0 aliphatic rings. The summed E-state index contributed by atoms with van der Waals surface area (Å²) in [4.78, 5) is 0. The molecule has 0 aromatic carbocycles. The van der Waals surface area contributed by atoms with Gasteiger partial charge in [0.05, 0.1) is 5.69 Å². The standard InChI is InChI=1S/C7H12N4/c1-6-4-5-7(9-8-6)10-11(2)3/h4-5H,1-3H3,(H,9,10). The first-order valence-corrected chi connectivity index (χ1v) is 3.43. The molecule has 1 N–H and O–H groups in total. The van der Waals surface area contributed by atoms with Crippen LogP contribution < -0.4 is 5.43 Å². The molecule has 0 spiro atoms. The third kappa shape index (κ3) is 2.51. The second kappa shape index (κ2) is 3.30. The first-order chi connectivity index (χ1) is 5.18. The van der Waals surface area contributed by atoms with Gasteiger partial charge in [0.2, 0.25) is 0 Å². The third-order valence-electron chi connectivity index (χ3n) is 1.14. The molecule has 1 aromatic rings. The molecule has 0 unspecified atom stereocenters. The summed E-state index contributed by atoms with van der Waals surface area (Å²) in [5, 5.41) is 9.63. The molecule has 4 heteroatoms. The van der Waals surface area contributed by atoms with E-state index in [9.17, 15) is 0 Å². The fraction of sp³-hybridized carbons (Fsp3) is 0.429. The lowest BCUT2D eigenvalue weighted by Crippen LogP contribution is -2.20. The highest BCUT2D eigenvalue weighted by molar-refractivity contribution is 5.30. The topological polar surface area (TPSA) is 41.0 Å². The van der Waals surface area contributed by atoms with Gasteiger partial charge >= 0.3 is 0 Å². The fourth-order valence-electron chi connectivity index (χ4n) is 0.688. The van der Waals surface area contributed by atoms with E-state index in [1.807, 2.05) is 38.2 Å². The van der Waals surface area contributed by atoms with E-state index in [0.29, 0.717) is 0 Å². The molecule has 0 radical (unpaired) electrons. The lowest BCUT2D eigenvalue weighted by Gasteiger charge is -2.11. The van der Waals surface area contributed by atoms with Crippen molar-refractivity contribution in [2.24, 2.45) is 0 Å². The zero-order valence-electron chi connectivity index (χ0n) is 7.00. The SMILES string of the molecule is Cc1ccc(NN(C)C)nn1.